The van der Waals surface area contributed by atoms with Crippen LogP contribution >= 0.6 is 11.6 Å². The number of nitrogens with one attached hydrogen (secondary N) is 2. The summed E-state index contributed by atoms with van der Waals surface area (Å²) in [6.07, 6.45) is 2.51. The van der Waals surface area contributed by atoms with Crippen LogP contribution < -0.4 is 10.0 Å². The molecule has 6 nitrogen and oxygen atoms in total. The number of hydrogen-bond acceptors (Lipinski definition) is 4. The van der Waals surface area contributed by atoms with Crippen molar-refractivity contribution in [1.82, 2.24) is 15.0 Å². The van der Waals surface area contributed by atoms with Crippen LogP contribution in [0.3, 0.4) is 0 Å². The summed E-state index contributed by atoms with van der Waals surface area (Å²) in [6, 6.07) is 1.36. The molecule has 1 amide bonds. The molecule has 0 aliphatic rings. The third kappa shape index (κ3) is 3.95. The van der Waals surface area contributed by atoms with Crippen LogP contribution in [0.25, 0.3) is 0 Å². The minimum absolute atomic E-state index is 0.0587. The molecule has 0 saturated carbocycles. The molecule has 0 aliphatic carbocycles. The van der Waals surface area contributed by atoms with Gasteiger partial charge in [0.1, 0.15) is 4.90 Å². The number of hydrogen-bond donors (Lipinski definition) is 2. The van der Waals surface area contributed by atoms with Crippen LogP contribution in [0, 0.1) is 0 Å². The third-order valence-corrected chi connectivity index (χ3v) is 3.69. The van der Waals surface area contributed by atoms with Crippen molar-refractivity contribution in [1.29, 1.82) is 0 Å². The van der Waals surface area contributed by atoms with Gasteiger partial charge in [-0.05, 0) is 13.0 Å². The molecular formula is C9H12ClN3O3S. The maximum atomic E-state index is 11.7. The summed E-state index contributed by atoms with van der Waals surface area (Å²) in [5.74, 6) is -0.406. The number of carbonyl (C=O) groups excluding carboxylic acids is 1. The van der Waals surface area contributed by atoms with Gasteiger partial charge >= 0.3 is 0 Å². The van der Waals surface area contributed by atoms with Crippen molar-refractivity contribution in [2.45, 2.75) is 11.8 Å². The molecule has 2 N–H and O–H groups in total. The van der Waals surface area contributed by atoms with Crippen LogP contribution in [0.15, 0.2) is 23.4 Å². The van der Waals surface area contributed by atoms with Gasteiger partial charge in [-0.3, -0.25) is 9.78 Å². The predicted molar refractivity (Wildman–Crippen MR) is 63.1 cm³/mol. The molecule has 94 valence electrons. The van der Waals surface area contributed by atoms with Gasteiger partial charge in [0.2, 0.25) is 15.9 Å². The first-order valence-corrected chi connectivity index (χ1v) is 6.69. The van der Waals surface area contributed by atoms with E-state index in [1.54, 1.807) is 6.92 Å². The molecule has 0 aliphatic heterocycles. The lowest BCUT2D eigenvalue weighted by molar-refractivity contribution is -0.119. The third-order valence-electron chi connectivity index (χ3n) is 1.82. The Bertz CT molecular complexity index is 504. The van der Waals surface area contributed by atoms with Gasteiger partial charge in [0, 0.05) is 18.9 Å². The van der Waals surface area contributed by atoms with E-state index in [0.717, 1.165) is 6.20 Å². The van der Waals surface area contributed by atoms with Gasteiger partial charge in [0.15, 0.2) is 0 Å². The van der Waals surface area contributed by atoms with Gasteiger partial charge in [-0.15, -0.1) is 0 Å². The minimum Gasteiger partial charge on any atom is -0.355 e. The van der Waals surface area contributed by atoms with Crippen LogP contribution in [0.4, 0.5) is 0 Å². The molecule has 0 atom stereocenters. The normalized spacial score (nSPS) is 11.2. The Kier molecular flexibility index (Phi) is 4.86. The first-order valence-electron chi connectivity index (χ1n) is 4.83. The molecular weight excluding hydrogens is 266 g/mol. The number of sulfonamides is 1. The summed E-state index contributed by atoms with van der Waals surface area (Å²) < 4.78 is 25.6. The summed E-state index contributed by atoms with van der Waals surface area (Å²) in [6.45, 7) is 1.85. The van der Waals surface area contributed by atoms with E-state index in [0.29, 0.717) is 6.54 Å². The van der Waals surface area contributed by atoms with Crippen molar-refractivity contribution in [3.8, 4) is 0 Å². The molecule has 0 saturated heterocycles. The molecule has 0 unspecified atom stereocenters. The molecule has 0 bridgehead atoms. The Balaban J connectivity index is 2.77. The van der Waals surface area contributed by atoms with Crippen molar-refractivity contribution in [2.75, 3.05) is 13.1 Å². The lowest BCUT2D eigenvalue weighted by atomic mass is 10.5. The molecule has 1 aromatic heterocycles. The van der Waals surface area contributed by atoms with E-state index in [2.05, 4.69) is 15.0 Å². The Morgan fingerprint density at radius 3 is 2.82 bits per heavy atom. The zero-order valence-corrected chi connectivity index (χ0v) is 10.7. The van der Waals surface area contributed by atoms with Gasteiger partial charge in [0.25, 0.3) is 0 Å². The first-order chi connectivity index (χ1) is 7.97. The summed E-state index contributed by atoms with van der Waals surface area (Å²) in [4.78, 5) is 14.6. The zero-order chi connectivity index (χ0) is 12.9. The Morgan fingerprint density at radius 1 is 1.53 bits per heavy atom. The number of pyridine rings is 1. The van der Waals surface area contributed by atoms with Crippen molar-refractivity contribution in [2.24, 2.45) is 0 Å². The van der Waals surface area contributed by atoms with E-state index in [9.17, 15) is 13.2 Å². The van der Waals surface area contributed by atoms with E-state index in [1.807, 2.05) is 0 Å². The SMILES string of the molecule is CCNC(=O)CNS(=O)(=O)c1cnccc1Cl. The molecule has 0 spiro atoms. The van der Waals surface area contributed by atoms with E-state index in [-0.39, 0.29) is 16.5 Å². The largest absolute Gasteiger partial charge is 0.355 e. The first kappa shape index (κ1) is 13.9. The summed E-state index contributed by atoms with van der Waals surface area (Å²) in [5, 5.41) is 2.53. The number of nitrogens with zero attached hydrogens (tertiary/aromatic N) is 1. The molecule has 1 rings (SSSR count). The van der Waals surface area contributed by atoms with E-state index in [1.165, 1.54) is 12.3 Å². The maximum Gasteiger partial charge on any atom is 0.244 e. The standard InChI is InChI=1S/C9H12ClN3O3S/c1-2-12-9(14)6-13-17(15,16)8-5-11-4-3-7(8)10/h3-5,13H,2,6H2,1H3,(H,12,14). The summed E-state index contributed by atoms with van der Waals surface area (Å²) in [5.41, 5.74) is 0. The molecule has 17 heavy (non-hydrogen) atoms. The van der Waals surface area contributed by atoms with Crippen molar-refractivity contribution < 1.29 is 13.2 Å². The van der Waals surface area contributed by atoms with Gasteiger partial charge in [-0.25, -0.2) is 13.1 Å². The lowest BCUT2D eigenvalue weighted by Gasteiger charge is -2.07. The summed E-state index contributed by atoms with van der Waals surface area (Å²) >= 11 is 5.73. The van der Waals surface area contributed by atoms with Gasteiger partial charge in [0.05, 0.1) is 11.6 Å². The van der Waals surface area contributed by atoms with E-state index >= 15 is 0 Å². The van der Waals surface area contributed by atoms with Crippen molar-refractivity contribution in [3.63, 3.8) is 0 Å². The van der Waals surface area contributed by atoms with Gasteiger partial charge < -0.3 is 5.32 Å². The molecule has 0 fully saturated rings. The predicted octanol–water partition coefficient (Wildman–Crippen LogP) is 0.149. The average molecular weight is 278 g/mol. The quantitative estimate of drug-likeness (QED) is 0.802. The number of amides is 1. The highest BCUT2D eigenvalue weighted by atomic mass is 35.5. The second-order valence-corrected chi connectivity index (χ2v) is 5.23. The lowest BCUT2D eigenvalue weighted by Crippen LogP contribution is -2.36. The molecule has 1 aromatic rings. The topological polar surface area (TPSA) is 88.2 Å². The molecule has 0 aromatic carbocycles. The fourth-order valence-electron chi connectivity index (χ4n) is 1.06. The van der Waals surface area contributed by atoms with E-state index in [4.69, 9.17) is 11.6 Å². The zero-order valence-electron chi connectivity index (χ0n) is 9.10. The number of rotatable bonds is 5. The fraction of sp³-hybridized carbons (Fsp3) is 0.333. The van der Waals surface area contributed by atoms with Crippen LogP contribution in [0.2, 0.25) is 5.02 Å². The second kappa shape index (κ2) is 5.95. The molecule has 0 radical (unpaired) electrons. The van der Waals surface area contributed by atoms with Crippen LogP contribution in [-0.2, 0) is 14.8 Å². The highest BCUT2D eigenvalue weighted by Gasteiger charge is 2.18. The Labute approximate surface area is 104 Å². The number of carbonyl (C=O) groups is 1. The number of aromatic nitrogens is 1. The highest BCUT2D eigenvalue weighted by Crippen LogP contribution is 2.18. The van der Waals surface area contributed by atoms with Crippen LogP contribution in [0.5, 0.6) is 0 Å². The maximum absolute atomic E-state index is 11.7. The smallest absolute Gasteiger partial charge is 0.244 e. The molecule has 8 heteroatoms. The number of halogens is 1. The highest BCUT2D eigenvalue weighted by molar-refractivity contribution is 7.89. The second-order valence-electron chi connectivity index (χ2n) is 3.08. The monoisotopic (exact) mass is 277 g/mol. The average Bonchev–Trinajstić information content (AvgIpc) is 2.27. The van der Waals surface area contributed by atoms with Crippen LogP contribution in [-0.4, -0.2) is 32.4 Å². The fourth-order valence-corrected chi connectivity index (χ4v) is 2.47. The Morgan fingerprint density at radius 2 is 2.24 bits per heavy atom. The Hall–Kier alpha value is -1.18. The molecule has 1 heterocycles. The summed E-state index contributed by atoms with van der Waals surface area (Å²) in [7, 11) is -3.81. The van der Waals surface area contributed by atoms with Crippen molar-refractivity contribution in [3.05, 3.63) is 23.5 Å². The number of likely N-dealkylation sites (N-methyl/N-ethyl adjacent to an activating group) is 1. The van der Waals surface area contributed by atoms with Crippen molar-refractivity contribution >= 4 is 27.5 Å². The van der Waals surface area contributed by atoms with Gasteiger partial charge in [-0.1, -0.05) is 11.6 Å². The minimum atomic E-state index is -3.81. The van der Waals surface area contributed by atoms with E-state index < -0.39 is 15.9 Å². The van der Waals surface area contributed by atoms with Crippen LogP contribution in [0.1, 0.15) is 6.92 Å². The van der Waals surface area contributed by atoms with Gasteiger partial charge in [-0.2, -0.15) is 0 Å².